The van der Waals surface area contributed by atoms with E-state index in [0.29, 0.717) is 11.4 Å². The Hall–Kier alpha value is -1.63. The average Bonchev–Trinajstić information content (AvgIpc) is 2.41. The summed E-state index contributed by atoms with van der Waals surface area (Å²) in [7, 11) is 0. The van der Waals surface area contributed by atoms with E-state index in [1.165, 1.54) is 24.3 Å². The molecule has 2 aromatic rings. The fourth-order valence-electron chi connectivity index (χ4n) is 1.58. The van der Waals surface area contributed by atoms with Gasteiger partial charge in [0.25, 0.3) is 5.91 Å². The van der Waals surface area contributed by atoms with E-state index < -0.39 is 6.10 Å². The summed E-state index contributed by atoms with van der Waals surface area (Å²) >= 11 is 2.18. The third-order valence-electron chi connectivity index (χ3n) is 2.59. The second-order valence-corrected chi connectivity index (χ2v) is 5.46. The molecular weight excluding hydrogens is 372 g/mol. The lowest BCUT2D eigenvalue weighted by Crippen LogP contribution is -2.30. The van der Waals surface area contributed by atoms with Crippen LogP contribution in [0.1, 0.15) is 6.92 Å². The molecule has 3 nitrogen and oxygen atoms in total. The molecule has 0 aromatic heterocycles. The van der Waals surface area contributed by atoms with Crippen molar-refractivity contribution in [3.05, 3.63) is 57.9 Å². The summed E-state index contributed by atoms with van der Waals surface area (Å²) in [6, 6.07) is 13.0. The highest BCUT2D eigenvalue weighted by molar-refractivity contribution is 14.1. The van der Waals surface area contributed by atoms with Gasteiger partial charge in [0.2, 0.25) is 0 Å². The predicted octanol–water partition coefficient (Wildman–Crippen LogP) is 3.84. The highest BCUT2D eigenvalue weighted by atomic mass is 127. The van der Waals surface area contributed by atoms with Gasteiger partial charge >= 0.3 is 0 Å². The standard InChI is InChI=1S/C15H13FINO2/c1-10(20-14-4-2-3-12(17)9-14)15(19)18-13-7-5-11(16)6-8-13/h2-10H,1H3,(H,18,19)/t10-/m0/s1. The Balaban J connectivity index is 1.96. The molecule has 1 amide bonds. The van der Waals surface area contributed by atoms with E-state index in [4.69, 9.17) is 4.74 Å². The van der Waals surface area contributed by atoms with Crippen molar-refractivity contribution >= 4 is 34.2 Å². The van der Waals surface area contributed by atoms with Crippen molar-refractivity contribution in [2.45, 2.75) is 13.0 Å². The fraction of sp³-hybridized carbons (Fsp3) is 0.133. The van der Waals surface area contributed by atoms with Crippen molar-refractivity contribution in [3.63, 3.8) is 0 Å². The van der Waals surface area contributed by atoms with E-state index in [1.54, 1.807) is 13.0 Å². The number of ether oxygens (including phenoxy) is 1. The Bertz CT molecular complexity index is 601. The summed E-state index contributed by atoms with van der Waals surface area (Å²) in [5.41, 5.74) is 0.537. The van der Waals surface area contributed by atoms with Gasteiger partial charge in [-0.3, -0.25) is 4.79 Å². The molecule has 0 bridgehead atoms. The number of nitrogens with one attached hydrogen (secondary N) is 1. The SMILES string of the molecule is C[C@H](Oc1cccc(I)c1)C(=O)Nc1ccc(F)cc1. The van der Waals surface area contributed by atoms with E-state index >= 15 is 0 Å². The van der Waals surface area contributed by atoms with Gasteiger partial charge in [0.1, 0.15) is 11.6 Å². The van der Waals surface area contributed by atoms with Gasteiger partial charge in [-0.05, 0) is 72.0 Å². The Morgan fingerprint density at radius 1 is 1.25 bits per heavy atom. The van der Waals surface area contributed by atoms with Crippen molar-refractivity contribution in [1.82, 2.24) is 0 Å². The number of benzene rings is 2. The van der Waals surface area contributed by atoms with Crippen molar-refractivity contribution in [2.75, 3.05) is 5.32 Å². The van der Waals surface area contributed by atoms with Gasteiger partial charge in [-0.2, -0.15) is 0 Å². The lowest BCUT2D eigenvalue weighted by molar-refractivity contribution is -0.122. The first-order valence-electron chi connectivity index (χ1n) is 6.03. The van der Waals surface area contributed by atoms with E-state index in [-0.39, 0.29) is 11.7 Å². The van der Waals surface area contributed by atoms with Crippen LogP contribution in [0.3, 0.4) is 0 Å². The monoisotopic (exact) mass is 385 g/mol. The molecule has 0 radical (unpaired) electrons. The third-order valence-corrected chi connectivity index (χ3v) is 3.26. The van der Waals surface area contributed by atoms with Crippen LogP contribution < -0.4 is 10.1 Å². The fourth-order valence-corrected chi connectivity index (χ4v) is 2.09. The summed E-state index contributed by atoms with van der Waals surface area (Å²) in [5.74, 6) is 0.0142. The number of carbonyl (C=O) groups excluding carboxylic acids is 1. The van der Waals surface area contributed by atoms with Crippen LogP contribution in [0.2, 0.25) is 0 Å². The Kier molecular flexibility index (Phi) is 4.94. The molecule has 0 aliphatic heterocycles. The van der Waals surface area contributed by atoms with Crippen LogP contribution in [0.5, 0.6) is 5.75 Å². The summed E-state index contributed by atoms with van der Waals surface area (Å²) in [4.78, 5) is 12.0. The Morgan fingerprint density at radius 3 is 2.60 bits per heavy atom. The minimum Gasteiger partial charge on any atom is -0.481 e. The van der Waals surface area contributed by atoms with E-state index in [1.807, 2.05) is 18.2 Å². The quantitative estimate of drug-likeness (QED) is 0.813. The van der Waals surface area contributed by atoms with Crippen LogP contribution in [0.25, 0.3) is 0 Å². The van der Waals surface area contributed by atoms with Crippen LogP contribution in [0.4, 0.5) is 10.1 Å². The van der Waals surface area contributed by atoms with Gasteiger partial charge in [-0.1, -0.05) is 6.07 Å². The lowest BCUT2D eigenvalue weighted by Gasteiger charge is -2.15. The van der Waals surface area contributed by atoms with Crippen molar-refractivity contribution < 1.29 is 13.9 Å². The molecule has 1 N–H and O–H groups in total. The molecule has 0 fully saturated rings. The lowest BCUT2D eigenvalue weighted by atomic mass is 10.3. The topological polar surface area (TPSA) is 38.3 Å². The molecule has 0 spiro atoms. The van der Waals surface area contributed by atoms with Crippen molar-refractivity contribution in [3.8, 4) is 5.75 Å². The van der Waals surface area contributed by atoms with Gasteiger partial charge in [0.15, 0.2) is 6.10 Å². The van der Waals surface area contributed by atoms with Crippen LogP contribution in [-0.2, 0) is 4.79 Å². The smallest absolute Gasteiger partial charge is 0.265 e. The maximum absolute atomic E-state index is 12.8. The van der Waals surface area contributed by atoms with Crippen LogP contribution in [-0.4, -0.2) is 12.0 Å². The Morgan fingerprint density at radius 2 is 1.95 bits per heavy atom. The summed E-state index contributed by atoms with van der Waals surface area (Å²) in [5, 5.41) is 2.67. The van der Waals surface area contributed by atoms with Gasteiger partial charge in [-0.15, -0.1) is 0 Å². The molecular formula is C15H13FINO2. The number of rotatable bonds is 4. The van der Waals surface area contributed by atoms with Crippen LogP contribution in [0, 0.1) is 9.39 Å². The molecule has 104 valence electrons. The van der Waals surface area contributed by atoms with Crippen molar-refractivity contribution in [1.29, 1.82) is 0 Å². The van der Waals surface area contributed by atoms with E-state index in [0.717, 1.165) is 3.57 Å². The summed E-state index contributed by atoms with van der Waals surface area (Å²) < 4.78 is 19.4. The third kappa shape index (κ3) is 4.19. The Labute approximate surface area is 130 Å². The molecule has 0 aliphatic rings. The first-order chi connectivity index (χ1) is 9.54. The number of hydrogen-bond donors (Lipinski definition) is 1. The minimum atomic E-state index is -0.641. The molecule has 20 heavy (non-hydrogen) atoms. The zero-order chi connectivity index (χ0) is 14.5. The van der Waals surface area contributed by atoms with Crippen molar-refractivity contribution in [2.24, 2.45) is 0 Å². The molecule has 0 aliphatic carbocycles. The van der Waals surface area contributed by atoms with Gasteiger partial charge < -0.3 is 10.1 Å². The zero-order valence-corrected chi connectivity index (χ0v) is 12.9. The number of carbonyl (C=O) groups is 1. The van der Waals surface area contributed by atoms with E-state index in [9.17, 15) is 9.18 Å². The molecule has 2 rings (SSSR count). The van der Waals surface area contributed by atoms with E-state index in [2.05, 4.69) is 27.9 Å². The van der Waals surface area contributed by atoms with Crippen LogP contribution >= 0.6 is 22.6 Å². The average molecular weight is 385 g/mol. The number of anilines is 1. The normalized spacial score (nSPS) is 11.8. The zero-order valence-electron chi connectivity index (χ0n) is 10.8. The number of hydrogen-bond acceptors (Lipinski definition) is 2. The highest BCUT2D eigenvalue weighted by Crippen LogP contribution is 2.17. The molecule has 0 heterocycles. The predicted molar refractivity (Wildman–Crippen MR) is 84.3 cm³/mol. The second kappa shape index (κ2) is 6.69. The molecule has 2 aromatic carbocycles. The highest BCUT2D eigenvalue weighted by Gasteiger charge is 2.14. The first-order valence-corrected chi connectivity index (χ1v) is 7.11. The molecule has 5 heteroatoms. The number of halogens is 2. The molecule has 1 atom stereocenters. The summed E-state index contributed by atoms with van der Waals surface area (Å²) in [6.45, 7) is 1.67. The van der Waals surface area contributed by atoms with Gasteiger partial charge in [0.05, 0.1) is 0 Å². The maximum atomic E-state index is 12.8. The van der Waals surface area contributed by atoms with Gasteiger partial charge in [0, 0.05) is 9.26 Å². The molecule has 0 saturated carbocycles. The minimum absolute atomic E-state index is 0.282. The number of amides is 1. The van der Waals surface area contributed by atoms with Gasteiger partial charge in [-0.25, -0.2) is 4.39 Å². The maximum Gasteiger partial charge on any atom is 0.265 e. The largest absolute Gasteiger partial charge is 0.481 e. The molecule has 0 unspecified atom stereocenters. The van der Waals surface area contributed by atoms with Crippen LogP contribution in [0.15, 0.2) is 48.5 Å². The summed E-state index contributed by atoms with van der Waals surface area (Å²) in [6.07, 6.45) is -0.641. The second-order valence-electron chi connectivity index (χ2n) is 4.21. The first kappa shape index (κ1) is 14.8. The molecule has 0 saturated heterocycles.